The van der Waals surface area contributed by atoms with Crippen molar-refractivity contribution in [1.82, 2.24) is 19.0 Å². The molecule has 1 aromatic rings. The van der Waals surface area contributed by atoms with Crippen LogP contribution in [0.25, 0.3) is 0 Å². The molecule has 0 radical (unpaired) electrons. The summed E-state index contributed by atoms with van der Waals surface area (Å²) in [5, 5.41) is 10.5. The molecule has 0 saturated carbocycles. The minimum atomic E-state index is -3.30. The highest BCUT2D eigenvalue weighted by Crippen LogP contribution is 2.41. The van der Waals surface area contributed by atoms with Crippen molar-refractivity contribution in [2.45, 2.75) is 63.8 Å². The number of hydrogen-bond donors (Lipinski definition) is 1. The zero-order valence-electron chi connectivity index (χ0n) is 25.0. The minimum Gasteiger partial charge on any atom is -0.493 e. The minimum absolute atomic E-state index is 0.0224. The van der Waals surface area contributed by atoms with Crippen molar-refractivity contribution in [3.8, 4) is 5.75 Å². The van der Waals surface area contributed by atoms with Gasteiger partial charge in [-0.2, -0.15) is 0 Å². The van der Waals surface area contributed by atoms with E-state index < -0.39 is 28.0 Å². The van der Waals surface area contributed by atoms with E-state index in [0.29, 0.717) is 45.6 Å². The van der Waals surface area contributed by atoms with E-state index in [1.165, 1.54) is 4.31 Å². The first-order chi connectivity index (χ1) is 19.6. The molecule has 230 valence electrons. The number of amides is 1. The summed E-state index contributed by atoms with van der Waals surface area (Å²) in [5.74, 6) is -0.922. The molecule has 0 aromatic heterocycles. The van der Waals surface area contributed by atoms with Crippen LogP contribution in [0.5, 0.6) is 5.75 Å². The predicted octanol–water partition coefficient (Wildman–Crippen LogP) is 2.49. The standard InChI is InChI=1S/C30H48N4O6S/c1-4-5-14-32(15-7-6-13-31(2)3)28(35)22-33-21-25(23-9-10-27-24(20-23)12-18-40-27)29(30(36)37)26(33)11-17-34-16-8-19-41(34,38)39/h9-10,20,25-26,29H,4-8,11-19,21-22H2,1-3H3,(H,36,37)/t25-,26+,29-/m1/s1. The van der Waals surface area contributed by atoms with Gasteiger partial charge in [0.2, 0.25) is 15.9 Å². The Morgan fingerprint density at radius 2 is 1.88 bits per heavy atom. The molecule has 3 aliphatic rings. The van der Waals surface area contributed by atoms with Gasteiger partial charge in [0.05, 0.1) is 24.8 Å². The number of unbranched alkanes of at least 4 members (excludes halogenated alkanes) is 2. The summed E-state index contributed by atoms with van der Waals surface area (Å²) in [6.07, 6.45) is 5.61. The molecule has 3 atom stereocenters. The third-order valence-corrected chi connectivity index (χ3v) is 10.8. The average molecular weight is 593 g/mol. The number of nitrogens with zero attached hydrogens (tertiary/aromatic N) is 4. The fourth-order valence-corrected chi connectivity index (χ4v) is 8.10. The monoisotopic (exact) mass is 592 g/mol. The van der Waals surface area contributed by atoms with Crippen molar-refractivity contribution in [1.29, 1.82) is 0 Å². The molecule has 3 heterocycles. The van der Waals surface area contributed by atoms with Gasteiger partial charge in [-0.1, -0.05) is 25.5 Å². The Hall–Kier alpha value is -2.21. The summed E-state index contributed by atoms with van der Waals surface area (Å²) in [6, 6.07) is 5.50. The van der Waals surface area contributed by atoms with Crippen LogP contribution in [-0.2, 0) is 26.0 Å². The number of fused-ring (bicyclic) bond motifs is 1. The molecule has 0 aliphatic carbocycles. The van der Waals surface area contributed by atoms with Gasteiger partial charge < -0.3 is 19.6 Å². The largest absolute Gasteiger partial charge is 0.493 e. The van der Waals surface area contributed by atoms with Crippen molar-refractivity contribution in [2.24, 2.45) is 5.92 Å². The van der Waals surface area contributed by atoms with Crippen LogP contribution in [0.1, 0.15) is 62.5 Å². The lowest BCUT2D eigenvalue weighted by atomic mass is 9.83. The zero-order chi connectivity index (χ0) is 29.6. The zero-order valence-corrected chi connectivity index (χ0v) is 25.8. The maximum Gasteiger partial charge on any atom is 0.308 e. The molecule has 1 N–H and O–H groups in total. The van der Waals surface area contributed by atoms with Crippen LogP contribution < -0.4 is 4.74 Å². The summed E-state index contributed by atoms with van der Waals surface area (Å²) in [5.41, 5.74) is 2.03. The van der Waals surface area contributed by atoms with Crippen molar-refractivity contribution < 1.29 is 27.9 Å². The predicted molar refractivity (Wildman–Crippen MR) is 159 cm³/mol. The topological polar surface area (TPSA) is 111 Å². The van der Waals surface area contributed by atoms with Crippen LogP contribution in [0.4, 0.5) is 0 Å². The summed E-state index contributed by atoms with van der Waals surface area (Å²) >= 11 is 0. The first kappa shape index (κ1) is 31.7. The molecule has 2 saturated heterocycles. The Labute approximate surface area is 245 Å². The number of benzene rings is 1. The lowest BCUT2D eigenvalue weighted by Gasteiger charge is -2.30. The Balaban J connectivity index is 1.55. The van der Waals surface area contributed by atoms with Crippen molar-refractivity contribution >= 4 is 21.9 Å². The van der Waals surface area contributed by atoms with E-state index in [4.69, 9.17) is 4.74 Å². The van der Waals surface area contributed by atoms with E-state index in [1.807, 2.05) is 36.0 Å². The Kier molecular flexibility index (Phi) is 11.1. The molecule has 0 bridgehead atoms. The van der Waals surface area contributed by atoms with Gasteiger partial charge >= 0.3 is 5.97 Å². The maximum absolute atomic E-state index is 13.7. The van der Waals surface area contributed by atoms with Crippen LogP contribution in [0.2, 0.25) is 0 Å². The SMILES string of the molecule is CCCCN(CCCCN(C)C)C(=O)CN1C[C@H](c2ccc3c(c2)CCO3)[C@@H](C(=O)O)[C@@H]1CCN1CCCS1(=O)=O. The first-order valence-electron chi connectivity index (χ1n) is 15.2. The molecular weight excluding hydrogens is 544 g/mol. The third kappa shape index (κ3) is 8.00. The van der Waals surface area contributed by atoms with E-state index >= 15 is 0 Å². The van der Waals surface area contributed by atoms with Crippen molar-refractivity contribution in [3.63, 3.8) is 0 Å². The molecule has 1 aromatic carbocycles. The molecule has 1 amide bonds. The highest BCUT2D eigenvalue weighted by Gasteiger charge is 2.47. The number of carboxylic acids is 1. The Morgan fingerprint density at radius 3 is 2.56 bits per heavy atom. The number of carbonyl (C=O) groups is 2. The fourth-order valence-electron chi connectivity index (χ4n) is 6.56. The molecule has 4 rings (SSSR count). The van der Waals surface area contributed by atoms with Gasteiger partial charge in [0.1, 0.15) is 5.75 Å². The lowest BCUT2D eigenvalue weighted by molar-refractivity contribution is -0.143. The highest BCUT2D eigenvalue weighted by molar-refractivity contribution is 7.89. The van der Waals surface area contributed by atoms with Crippen LogP contribution in [0.3, 0.4) is 0 Å². The molecule has 0 unspecified atom stereocenters. The van der Waals surface area contributed by atoms with Crippen LogP contribution in [0, 0.1) is 5.92 Å². The molecule has 10 nitrogen and oxygen atoms in total. The Morgan fingerprint density at radius 1 is 1.12 bits per heavy atom. The van der Waals surface area contributed by atoms with Gasteiger partial charge in [0, 0.05) is 51.1 Å². The van der Waals surface area contributed by atoms with Crippen LogP contribution in [-0.4, -0.2) is 123 Å². The first-order valence-corrected chi connectivity index (χ1v) is 16.8. The summed E-state index contributed by atoms with van der Waals surface area (Å²) in [6.45, 7) is 6.42. The summed E-state index contributed by atoms with van der Waals surface area (Å²) < 4.78 is 32.2. The second-order valence-electron chi connectivity index (χ2n) is 12.0. The van der Waals surface area contributed by atoms with E-state index in [-0.39, 0.29) is 30.7 Å². The third-order valence-electron chi connectivity index (χ3n) is 8.81. The maximum atomic E-state index is 13.7. The van der Waals surface area contributed by atoms with Crippen LogP contribution in [0.15, 0.2) is 18.2 Å². The summed E-state index contributed by atoms with van der Waals surface area (Å²) in [4.78, 5) is 32.6. The number of ether oxygens (including phenoxy) is 1. The van der Waals surface area contributed by atoms with E-state index in [9.17, 15) is 23.1 Å². The van der Waals surface area contributed by atoms with E-state index in [2.05, 4.69) is 17.9 Å². The quantitative estimate of drug-likeness (QED) is 0.310. The lowest BCUT2D eigenvalue weighted by Crippen LogP contribution is -2.45. The number of carbonyl (C=O) groups excluding carboxylic acids is 1. The van der Waals surface area contributed by atoms with Gasteiger partial charge in [-0.15, -0.1) is 0 Å². The normalized spacial score (nSPS) is 24.0. The molecule has 3 aliphatic heterocycles. The van der Waals surface area contributed by atoms with Crippen molar-refractivity contribution in [2.75, 3.05) is 72.3 Å². The highest BCUT2D eigenvalue weighted by atomic mass is 32.2. The van der Waals surface area contributed by atoms with Gasteiger partial charge in [-0.25, -0.2) is 12.7 Å². The molecule has 11 heteroatoms. The van der Waals surface area contributed by atoms with Gasteiger partial charge in [0.15, 0.2) is 0 Å². The second kappa shape index (κ2) is 14.3. The smallest absolute Gasteiger partial charge is 0.308 e. The van der Waals surface area contributed by atoms with Crippen molar-refractivity contribution in [3.05, 3.63) is 29.3 Å². The van der Waals surface area contributed by atoms with Gasteiger partial charge in [-0.05, 0) is 69.9 Å². The average Bonchev–Trinajstić information content (AvgIpc) is 3.62. The fraction of sp³-hybridized carbons (Fsp3) is 0.733. The molecular formula is C30H48N4O6S. The number of aliphatic carboxylic acids is 1. The number of carboxylic acid groups (broad SMARTS) is 1. The number of rotatable bonds is 15. The number of hydrogen-bond acceptors (Lipinski definition) is 7. The van der Waals surface area contributed by atoms with Crippen LogP contribution >= 0.6 is 0 Å². The Bertz CT molecular complexity index is 1160. The van der Waals surface area contributed by atoms with E-state index in [1.54, 1.807) is 0 Å². The van der Waals surface area contributed by atoms with Gasteiger partial charge in [0.25, 0.3) is 0 Å². The number of likely N-dealkylation sites (tertiary alicyclic amines) is 1. The molecule has 2 fully saturated rings. The molecule has 41 heavy (non-hydrogen) atoms. The summed E-state index contributed by atoms with van der Waals surface area (Å²) in [7, 11) is 0.794. The van der Waals surface area contributed by atoms with E-state index in [0.717, 1.165) is 55.5 Å². The molecule has 0 spiro atoms. The second-order valence-corrected chi connectivity index (χ2v) is 14.1. The van der Waals surface area contributed by atoms with Gasteiger partial charge in [-0.3, -0.25) is 14.5 Å². The number of sulfonamides is 1.